The van der Waals surface area contributed by atoms with Gasteiger partial charge in [0.15, 0.2) is 0 Å². The van der Waals surface area contributed by atoms with E-state index in [1.54, 1.807) is 24.3 Å². The first-order chi connectivity index (χ1) is 8.16. The molecule has 1 unspecified atom stereocenters. The largest absolute Gasteiger partial charge is 0.465 e. The van der Waals surface area contributed by atoms with Crippen molar-refractivity contribution < 1.29 is 14.5 Å². The highest BCUT2D eigenvalue weighted by Gasteiger charge is 2.23. The van der Waals surface area contributed by atoms with E-state index in [0.717, 1.165) is 5.56 Å². The van der Waals surface area contributed by atoms with Gasteiger partial charge in [0.1, 0.15) is 0 Å². The van der Waals surface area contributed by atoms with Crippen molar-refractivity contribution in [2.75, 3.05) is 6.61 Å². The minimum absolute atomic E-state index is 0.0578. The monoisotopic (exact) mass is 233 g/mol. The van der Waals surface area contributed by atoms with Crippen molar-refractivity contribution in [1.82, 2.24) is 0 Å². The lowest BCUT2D eigenvalue weighted by Crippen LogP contribution is -2.03. The van der Waals surface area contributed by atoms with Gasteiger partial charge in [0.2, 0.25) is 0 Å². The van der Waals surface area contributed by atoms with Gasteiger partial charge in [-0.3, -0.25) is 14.9 Å². The van der Waals surface area contributed by atoms with Gasteiger partial charge >= 0.3 is 5.97 Å². The summed E-state index contributed by atoms with van der Waals surface area (Å²) < 4.78 is 4.82. The molecule has 0 saturated carbocycles. The van der Waals surface area contributed by atoms with Gasteiger partial charge in [-0.2, -0.15) is 0 Å². The van der Waals surface area contributed by atoms with Crippen LogP contribution in [0.15, 0.2) is 30.3 Å². The van der Waals surface area contributed by atoms with Gasteiger partial charge in [-0.05, 0) is 24.1 Å². The number of carbonyl (C=O) groups excluding carboxylic acids is 1. The van der Waals surface area contributed by atoms with E-state index in [1.165, 1.54) is 12.1 Å². The number of esters is 1. The summed E-state index contributed by atoms with van der Waals surface area (Å²) in [6, 6.07) is 6.17. The Hall–Kier alpha value is -2.17. The van der Waals surface area contributed by atoms with E-state index in [0.29, 0.717) is 13.0 Å². The number of rotatable bonds is 3. The van der Waals surface area contributed by atoms with Crippen molar-refractivity contribution >= 4 is 17.7 Å². The number of ether oxygens (including phenoxy) is 1. The average Bonchev–Trinajstić information content (AvgIpc) is 2.73. The molecule has 2 rings (SSSR count). The van der Waals surface area contributed by atoms with Crippen molar-refractivity contribution in [1.29, 1.82) is 0 Å². The van der Waals surface area contributed by atoms with E-state index < -0.39 is 4.92 Å². The van der Waals surface area contributed by atoms with Crippen LogP contribution in [0.5, 0.6) is 0 Å². The van der Waals surface area contributed by atoms with Gasteiger partial charge in [-0.1, -0.05) is 12.2 Å². The molecule has 5 heteroatoms. The summed E-state index contributed by atoms with van der Waals surface area (Å²) in [5, 5.41) is 10.4. The second-order valence-electron chi connectivity index (χ2n) is 3.77. The van der Waals surface area contributed by atoms with Crippen molar-refractivity contribution in [3.8, 4) is 0 Å². The first kappa shape index (κ1) is 11.3. The third-order valence-corrected chi connectivity index (χ3v) is 2.60. The standard InChI is InChI=1S/C12H11NO4/c14-12-10(7-8-17-12)4-1-9-2-5-11(6-3-9)13(15)16/h1-6,10H,7-8H2/b4-1+. The van der Waals surface area contributed by atoms with E-state index in [-0.39, 0.29) is 17.6 Å². The molecule has 5 nitrogen and oxygen atoms in total. The Kier molecular flexibility index (Phi) is 3.18. The molecule has 0 amide bonds. The van der Waals surface area contributed by atoms with Gasteiger partial charge in [0, 0.05) is 12.1 Å². The molecule has 1 aromatic carbocycles. The zero-order valence-electron chi connectivity index (χ0n) is 9.04. The lowest BCUT2D eigenvalue weighted by atomic mass is 10.1. The molecular formula is C12H11NO4. The second-order valence-corrected chi connectivity index (χ2v) is 3.77. The zero-order valence-corrected chi connectivity index (χ0v) is 9.04. The minimum atomic E-state index is -0.443. The quantitative estimate of drug-likeness (QED) is 0.455. The Balaban J connectivity index is 2.06. The predicted molar refractivity (Wildman–Crippen MR) is 61.2 cm³/mol. The summed E-state index contributed by atoms with van der Waals surface area (Å²) >= 11 is 0. The average molecular weight is 233 g/mol. The number of benzene rings is 1. The number of hydrogen-bond donors (Lipinski definition) is 0. The molecule has 1 saturated heterocycles. The lowest BCUT2D eigenvalue weighted by molar-refractivity contribution is -0.384. The molecular weight excluding hydrogens is 222 g/mol. The molecule has 0 radical (unpaired) electrons. The van der Waals surface area contributed by atoms with Crippen molar-refractivity contribution in [3.05, 3.63) is 46.0 Å². The Bertz CT molecular complexity index is 464. The highest BCUT2D eigenvalue weighted by molar-refractivity contribution is 5.77. The Morgan fingerprint density at radius 3 is 2.59 bits per heavy atom. The summed E-state index contributed by atoms with van der Waals surface area (Å²) in [6.45, 7) is 0.466. The van der Waals surface area contributed by atoms with Crippen LogP contribution in [-0.2, 0) is 9.53 Å². The fourth-order valence-electron chi connectivity index (χ4n) is 1.62. The summed E-state index contributed by atoms with van der Waals surface area (Å²) in [4.78, 5) is 21.2. The normalized spacial score (nSPS) is 19.5. The third-order valence-electron chi connectivity index (χ3n) is 2.60. The van der Waals surface area contributed by atoms with Crippen LogP contribution in [0, 0.1) is 16.0 Å². The van der Waals surface area contributed by atoms with Crippen LogP contribution in [0.4, 0.5) is 5.69 Å². The van der Waals surface area contributed by atoms with E-state index >= 15 is 0 Å². The maximum Gasteiger partial charge on any atom is 0.312 e. The van der Waals surface area contributed by atoms with Crippen LogP contribution < -0.4 is 0 Å². The number of hydrogen-bond acceptors (Lipinski definition) is 4. The first-order valence-corrected chi connectivity index (χ1v) is 5.26. The smallest absolute Gasteiger partial charge is 0.312 e. The van der Waals surface area contributed by atoms with Gasteiger partial charge in [-0.25, -0.2) is 0 Å². The zero-order chi connectivity index (χ0) is 12.3. The number of nitro benzene ring substituents is 1. The highest BCUT2D eigenvalue weighted by atomic mass is 16.6. The van der Waals surface area contributed by atoms with Crippen LogP contribution in [0.25, 0.3) is 6.08 Å². The Morgan fingerprint density at radius 2 is 2.06 bits per heavy atom. The van der Waals surface area contributed by atoms with Crippen LogP contribution in [-0.4, -0.2) is 17.5 Å². The SMILES string of the molecule is O=C1OCCC1/C=C/c1ccc([N+](=O)[O-])cc1. The number of non-ortho nitro benzene ring substituents is 1. The molecule has 17 heavy (non-hydrogen) atoms. The fraction of sp³-hybridized carbons (Fsp3) is 0.250. The highest BCUT2D eigenvalue weighted by Crippen LogP contribution is 2.18. The molecule has 0 aliphatic carbocycles. The third kappa shape index (κ3) is 2.69. The van der Waals surface area contributed by atoms with Crippen molar-refractivity contribution in [2.24, 2.45) is 5.92 Å². The molecule has 0 aromatic heterocycles. The summed E-state index contributed by atoms with van der Waals surface area (Å²) in [5.41, 5.74) is 0.887. The molecule has 0 bridgehead atoms. The van der Waals surface area contributed by atoms with E-state index in [2.05, 4.69) is 0 Å². The second kappa shape index (κ2) is 4.78. The number of nitro groups is 1. The van der Waals surface area contributed by atoms with Crippen molar-refractivity contribution in [2.45, 2.75) is 6.42 Å². The Morgan fingerprint density at radius 1 is 1.35 bits per heavy atom. The van der Waals surface area contributed by atoms with Crippen LogP contribution in [0.2, 0.25) is 0 Å². The summed E-state index contributed by atoms with van der Waals surface area (Å²) in [5.74, 6) is -0.395. The Labute approximate surface area is 97.9 Å². The van der Waals surface area contributed by atoms with Gasteiger partial charge in [0.05, 0.1) is 17.4 Å². The van der Waals surface area contributed by atoms with Gasteiger partial charge in [0.25, 0.3) is 5.69 Å². The summed E-state index contributed by atoms with van der Waals surface area (Å²) in [6.07, 6.45) is 4.25. The minimum Gasteiger partial charge on any atom is -0.465 e. The maximum atomic E-state index is 11.2. The molecule has 88 valence electrons. The van der Waals surface area contributed by atoms with Gasteiger partial charge in [-0.15, -0.1) is 0 Å². The molecule has 1 atom stereocenters. The van der Waals surface area contributed by atoms with E-state index in [9.17, 15) is 14.9 Å². The molecule has 1 aromatic rings. The topological polar surface area (TPSA) is 69.4 Å². The van der Waals surface area contributed by atoms with Gasteiger partial charge < -0.3 is 4.74 Å². The van der Waals surface area contributed by atoms with Crippen LogP contribution >= 0.6 is 0 Å². The molecule has 1 aliphatic rings. The summed E-state index contributed by atoms with van der Waals surface area (Å²) in [7, 11) is 0. The van der Waals surface area contributed by atoms with E-state index in [1.807, 2.05) is 0 Å². The molecule has 0 spiro atoms. The molecule has 1 heterocycles. The van der Waals surface area contributed by atoms with Crippen LogP contribution in [0.1, 0.15) is 12.0 Å². The predicted octanol–water partition coefficient (Wildman–Crippen LogP) is 2.17. The maximum absolute atomic E-state index is 11.2. The molecule has 1 aliphatic heterocycles. The number of cyclic esters (lactones) is 1. The fourth-order valence-corrected chi connectivity index (χ4v) is 1.62. The molecule has 0 N–H and O–H groups in total. The number of nitrogens with zero attached hydrogens (tertiary/aromatic N) is 1. The van der Waals surface area contributed by atoms with Crippen LogP contribution in [0.3, 0.4) is 0 Å². The van der Waals surface area contributed by atoms with E-state index in [4.69, 9.17) is 4.74 Å². The first-order valence-electron chi connectivity index (χ1n) is 5.26. The molecule has 1 fully saturated rings. The number of carbonyl (C=O) groups is 1. The lowest BCUT2D eigenvalue weighted by Gasteiger charge is -1.97. The van der Waals surface area contributed by atoms with Crippen molar-refractivity contribution in [3.63, 3.8) is 0 Å².